The third-order valence-corrected chi connectivity index (χ3v) is 3.29. The smallest absolute Gasteiger partial charge is 0.336 e. The van der Waals surface area contributed by atoms with E-state index in [9.17, 15) is 14.0 Å². The van der Waals surface area contributed by atoms with Crippen LogP contribution < -0.4 is 0 Å². The van der Waals surface area contributed by atoms with Crippen LogP contribution in [-0.4, -0.2) is 49.7 Å². The normalized spacial score (nSPS) is 18.8. The second-order valence-electron chi connectivity index (χ2n) is 4.26. The third kappa shape index (κ3) is 3.08. The first-order valence-corrected chi connectivity index (χ1v) is 6.34. The van der Waals surface area contributed by atoms with E-state index >= 15 is 0 Å². The van der Waals surface area contributed by atoms with Gasteiger partial charge in [-0.1, -0.05) is 11.6 Å². The molecule has 1 aliphatic rings. The number of morpholine rings is 1. The van der Waals surface area contributed by atoms with E-state index in [4.69, 9.17) is 16.3 Å². The summed E-state index contributed by atoms with van der Waals surface area (Å²) in [6.45, 7) is 0.642. The Morgan fingerprint density at radius 3 is 2.90 bits per heavy atom. The molecule has 0 aromatic heterocycles. The molecule has 0 bridgehead atoms. The van der Waals surface area contributed by atoms with Gasteiger partial charge in [0.05, 0.1) is 30.8 Å². The molecular weight excluding hydrogens is 289 g/mol. The van der Waals surface area contributed by atoms with E-state index in [1.54, 1.807) is 0 Å². The summed E-state index contributed by atoms with van der Waals surface area (Å²) in [5.41, 5.74) is 0.193. The number of nitrogens with zero attached hydrogens (tertiary/aromatic N) is 1. The fourth-order valence-electron chi connectivity index (χ4n) is 1.94. The minimum atomic E-state index is -0.808. The Labute approximate surface area is 120 Å². The Morgan fingerprint density at radius 2 is 2.25 bits per heavy atom. The van der Waals surface area contributed by atoms with Crippen LogP contribution in [0.2, 0.25) is 5.02 Å². The number of rotatable bonds is 2. The first-order chi connectivity index (χ1) is 9.52. The molecule has 0 saturated carbocycles. The summed E-state index contributed by atoms with van der Waals surface area (Å²) in [6.07, 6.45) is -0.808. The Morgan fingerprint density at radius 1 is 1.50 bits per heavy atom. The zero-order valence-corrected chi connectivity index (χ0v) is 11.5. The van der Waals surface area contributed by atoms with Gasteiger partial charge in [-0.15, -0.1) is 0 Å². The summed E-state index contributed by atoms with van der Waals surface area (Å²) in [6, 6.07) is 3.56. The van der Waals surface area contributed by atoms with Crippen molar-refractivity contribution in [2.45, 2.75) is 6.10 Å². The number of benzene rings is 1. The van der Waals surface area contributed by atoms with Gasteiger partial charge < -0.3 is 14.4 Å². The van der Waals surface area contributed by atoms with Crippen molar-refractivity contribution in [2.24, 2.45) is 0 Å². The van der Waals surface area contributed by atoms with Crippen molar-refractivity contribution >= 4 is 23.5 Å². The first kappa shape index (κ1) is 14.7. The van der Waals surface area contributed by atoms with Crippen LogP contribution in [0.1, 0.15) is 10.4 Å². The lowest BCUT2D eigenvalue weighted by molar-refractivity contribution is -0.158. The number of hydrogen-bond acceptors (Lipinski definition) is 4. The van der Waals surface area contributed by atoms with Crippen molar-refractivity contribution < 1.29 is 23.5 Å². The maximum atomic E-state index is 13.0. The fraction of sp³-hybridized carbons (Fsp3) is 0.385. The van der Waals surface area contributed by atoms with Crippen LogP contribution in [0.5, 0.6) is 0 Å². The molecule has 20 heavy (non-hydrogen) atoms. The Bertz CT molecular complexity index is 537. The molecule has 0 N–H and O–H groups in total. The Hall–Kier alpha value is -1.66. The van der Waals surface area contributed by atoms with Gasteiger partial charge in [0.1, 0.15) is 5.82 Å². The van der Waals surface area contributed by atoms with Crippen LogP contribution in [0.4, 0.5) is 4.39 Å². The van der Waals surface area contributed by atoms with Gasteiger partial charge in [-0.05, 0) is 18.2 Å². The van der Waals surface area contributed by atoms with Gasteiger partial charge in [0.25, 0.3) is 5.91 Å². The third-order valence-electron chi connectivity index (χ3n) is 2.98. The van der Waals surface area contributed by atoms with Crippen molar-refractivity contribution in [3.63, 3.8) is 0 Å². The lowest BCUT2D eigenvalue weighted by atomic mass is 10.1. The van der Waals surface area contributed by atoms with Crippen LogP contribution in [-0.2, 0) is 14.3 Å². The van der Waals surface area contributed by atoms with Crippen molar-refractivity contribution in [2.75, 3.05) is 26.8 Å². The fourth-order valence-corrected chi connectivity index (χ4v) is 2.19. The highest BCUT2D eigenvalue weighted by molar-refractivity contribution is 6.33. The second kappa shape index (κ2) is 6.19. The Balaban J connectivity index is 2.14. The molecule has 1 amide bonds. The first-order valence-electron chi connectivity index (χ1n) is 5.96. The predicted octanol–water partition coefficient (Wildman–Crippen LogP) is 1.49. The molecule has 1 atom stereocenters. The number of halogens is 2. The highest BCUT2D eigenvalue weighted by Crippen LogP contribution is 2.20. The predicted molar refractivity (Wildman–Crippen MR) is 69.1 cm³/mol. The van der Waals surface area contributed by atoms with Crippen molar-refractivity contribution in [3.05, 3.63) is 34.6 Å². The quantitative estimate of drug-likeness (QED) is 0.777. The molecule has 1 fully saturated rings. The monoisotopic (exact) mass is 301 g/mol. The molecule has 1 saturated heterocycles. The molecule has 2 rings (SSSR count). The van der Waals surface area contributed by atoms with Crippen LogP contribution >= 0.6 is 11.6 Å². The molecule has 1 aliphatic heterocycles. The van der Waals surface area contributed by atoms with Crippen LogP contribution in [0.25, 0.3) is 0 Å². The van der Waals surface area contributed by atoms with Gasteiger partial charge in [0.15, 0.2) is 6.10 Å². The average Bonchev–Trinajstić information content (AvgIpc) is 2.46. The highest BCUT2D eigenvalue weighted by atomic mass is 35.5. The molecule has 1 aromatic carbocycles. The maximum absolute atomic E-state index is 13.0. The van der Waals surface area contributed by atoms with E-state index in [0.29, 0.717) is 6.54 Å². The summed E-state index contributed by atoms with van der Waals surface area (Å²) in [7, 11) is 1.25. The topological polar surface area (TPSA) is 55.8 Å². The molecule has 0 aliphatic carbocycles. The molecule has 5 nitrogen and oxygen atoms in total. The summed E-state index contributed by atoms with van der Waals surface area (Å²) in [5.74, 6) is -1.42. The molecule has 1 aromatic rings. The van der Waals surface area contributed by atoms with Gasteiger partial charge in [0, 0.05) is 6.54 Å². The van der Waals surface area contributed by atoms with Gasteiger partial charge in [-0.2, -0.15) is 0 Å². The summed E-state index contributed by atoms with van der Waals surface area (Å²) >= 11 is 5.86. The van der Waals surface area contributed by atoms with Gasteiger partial charge in [-0.3, -0.25) is 4.79 Å². The number of esters is 1. The molecule has 1 heterocycles. The van der Waals surface area contributed by atoms with E-state index in [2.05, 4.69) is 4.74 Å². The standard InChI is InChI=1S/C13H13ClFNO4/c1-19-13(18)11-7-16(4-5-20-11)12(17)9-3-2-8(15)6-10(9)14/h2-3,6,11H,4-5,7H2,1H3. The lowest BCUT2D eigenvalue weighted by Crippen LogP contribution is -2.49. The van der Waals surface area contributed by atoms with Gasteiger partial charge in [-0.25, -0.2) is 9.18 Å². The van der Waals surface area contributed by atoms with E-state index in [0.717, 1.165) is 12.1 Å². The number of ether oxygens (including phenoxy) is 2. The summed E-state index contributed by atoms with van der Waals surface area (Å²) in [5, 5.41) is 0.0381. The largest absolute Gasteiger partial charge is 0.467 e. The van der Waals surface area contributed by atoms with E-state index in [1.807, 2.05) is 0 Å². The van der Waals surface area contributed by atoms with Gasteiger partial charge >= 0.3 is 5.97 Å². The second-order valence-corrected chi connectivity index (χ2v) is 4.67. The Kier molecular flexibility index (Phi) is 4.57. The number of carbonyl (C=O) groups is 2. The molecule has 7 heteroatoms. The zero-order valence-electron chi connectivity index (χ0n) is 10.8. The van der Waals surface area contributed by atoms with E-state index in [-0.39, 0.29) is 29.6 Å². The molecule has 0 radical (unpaired) electrons. The van der Waals surface area contributed by atoms with Crippen molar-refractivity contribution in [3.8, 4) is 0 Å². The SMILES string of the molecule is COC(=O)C1CN(C(=O)c2ccc(F)cc2Cl)CCO1. The van der Waals surface area contributed by atoms with Crippen LogP contribution in [0.3, 0.4) is 0 Å². The number of carbonyl (C=O) groups excluding carboxylic acids is 2. The highest BCUT2D eigenvalue weighted by Gasteiger charge is 2.31. The minimum Gasteiger partial charge on any atom is -0.467 e. The lowest BCUT2D eigenvalue weighted by Gasteiger charge is -2.31. The summed E-state index contributed by atoms with van der Waals surface area (Å²) < 4.78 is 22.8. The van der Waals surface area contributed by atoms with E-state index in [1.165, 1.54) is 18.1 Å². The average molecular weight is 302 g/mol. The zero-order chi connectivity index (χ0) is 14.7. The molecular formula is C13H13ClFNO4. The maximum Gasteiger partial charge on any atom is 0.336 e. The molecule has 108 valence electrons. The van der Waals surface area contributed by atoms with Crippen LogP contribution in [0, 0.1) is 5.82 Å². The molecule has 0 spiro atoms. The van der Waals surface area contributed by atoms with E-state index < -0.39 is 17.9 Å². The van der Waals surface area contributed by atoms with Crippen molar-refractivity contribution in [1.29, 1.82) is 0 Å². The van der Waals surface area contributed by atoms with Crippen LogP contribution in [0.15, 0.2) is 18.2 Å². The number of hydrogen-bond donors (Lipinski definition) is 0. The number of amides is 1. The van der Waals surface area contributed by atoms with Gasteiger partial charge in [0.2, 0.25) is 0 Å². The summed E-state index contributed by atoms with van der Waals surface area (Å²) in [4.78, 5) is 25.2. The minimum absolute atomic E-state index is 0.0381. The number of methoxy groups -OCH3 is 1. The molecule has 1 unspecified atom stereocenters. The van der Waals surface area contributed by atoms with Crippen molar-refractivity contribution in [1.82, 2.24) is 4.90 Å².